The lowest BCUT2D eigenvalue weighted by Gasteiger charge is -2.51. The van der Waals surface area contributed by atoms with Crippen LogP contribution >= 0.6 is 0 Å². The molecular formula is C77H23NSi. The van der Waals surface area contributed by atoms with Gasteiger partial charge in [-0.15, -0.1) is 0 Å². The van der Waals surface area contributed by atoms with Crippen LogP contribution in [-0.2, 0) is 10.8 Å². The van der Waals surface area contributed by atoms with Crippen LogP contribution in [-0.4, -0.2) is 22.2 Å². The Morgan fingerprint density at radius 1 is 0.266 bits per heavy atom. The van der Waals surface area contributed by atoms with E-state index in [1.54, 1.807) is 319 Å². The molecule has 0 amide bonds. The number of anilines is 1. The largest absolute Gasteiger partial charge is 0.378 e. The van der Waals surface area contributed by atoms with Crippen molar-refractivity contribution in [3.8, 4) is 0 Å². The molecule has 0 saturated heterocycles. The quantitative estimate of drug-likeness (QED) is 0.123. The molecule has 0 N–H and O–H groups in total. The molecule has 2 unspecified atom stereocenters. The third-order valence-corrected chi connectivity index (χ3v) is 30.8. The summed E-state index contributed by atoms with van der Waals surface area (Å²) in [4.78, 5) is 2.33. The fraction of sp³-hybridized carbons (Fsp3) is 0.0909. The maximum Gasteiger partial charge on any atom is 0.0821 e. The first-order valence-corrected chi connectivity index (χ1v) is 32.8. The predicted molar refractivity (Wildman–Crippen MR) is 340 cm³/mol. The van der Waals surface area contributed by atoms with E-state index in [9.17, 15) is 0 Å². The van der Waals surface area contributed by atoms with E-state index in [2.05, 4.69) is 86.7 Å². The Bertz CT molecular complexity index is 7940. The van der Waals surface area contributed by atoms with Crippen molar-refractivity contribution in [1.82, 2.24) is 0 Å². The molecule has 0 radical (unpaired) electrons. The van der Waals surface area contributed by atoms with Crippen molar-refractivity contribution in [2.45, 2.75) is 30.0 Å². The topological polar surface area (TPSA) is 3.24 Å². The Balaban J connectivity index is 1.09. The van der Waals surface area contributed by atoms with E-state index < -0.39 is 13.5 Å². The second-order valence-corrected chi connectivity index (χ2v) is 34.0. The molecular weight excluding hydrogens is 967 g/mol. The molecule has 29 aromatic rings. The molecule has 340 valence electrons. The molecule has 5 aliphatic rings. The van der Waals surface area contributed by atoms with Crippen molar-refractivity contribution in [2.75, 3.05) is 19.0 Å². The van der Waals surface area contributed by atoms with Gasteiger partial charge in [-0.3, -0.25) is 0 Å². The zero-order valence-corrected chi connectivity index (χ0v) is 43.4. The van der Waals surface area contributed by atoms with Gasteiger partial charge in [0, 0.05) is 25.2 Å². The maximum absolute atomic E-state index is 2.79. The van der Waals surface area contributed by atoms with E-state index in [1.807, 2.05) is 0 Å². The van der Waals surface area contributed by atoms with Gasteiger partial charge in [-0.25, -0.2) is 0 Å². The second kappa shape index (κ2) is 7.57. The molecule has 0 spiro atoms. The van der Waals surface area contributed by atoms with E-state index >= 15 is 0 Å². The molecule has 34 rings (SSSR count). The molecule has 0 heterocycles. The highest BCUT2D eigenvalue weighted by molar-refractivity contribution is 6.90. The van der Waals surface area contributed by atoms with Gasteiger partial charge in [-0.2, -0.15) is 0 Å². The van der Waals surface area contributed by atoms with Crippen LogP contribution in [0.4, 0.5) is 5.69 Å². The van der Waals surface area contributed by atoms with Crippen molar-refractivity contribution in [1.29, 1.82) is 0 Å². The van der Waals surface area contributed by atoms with Gasteiger partial charge in [0.15, 0.2) is 0 Å². The maximum atomic E-state index is 2.79. The Labute approximate surface area is 438 Å². The molecule has 29 aromatic carbocycles. The summed E-state index contributed by atoms with van der Waals surface area (Å²) in [6, 6.07) is 23.6. The van der Waals surface area contributed by atoms with E-state index in [4.69, 9.17) is 0 Å². The lowest BCUT2D eigenvalue weighted by Crippen LogP contribution is -2.51. The molecule has 0 aliphatic heterocycles. The van der Waals surface area contributed by atoms with Crippen molar-refractivity contribution in [3.05, 3.63) is 93.5 Å². The van der Waals surface area contributed by atoms with Gasteiger partial charge in [0.2, 0.25) is 0 Å². The zero-order chi connectivity index (χ0) is 48.4. The molecule has 0 fully saturated rings. The molecule has 0 bridgehead atoms. The van der Waals surface area contributed by atoms with E-state index in [1.165, 1.54) is 17.3 Å². The van der Waals surface area contributed by atoms with Crippen LogP contribution in [0.1, 0.15) is 38.9 Å². The van der Waals surface area contributed by atoms with Gasteiger partial charge < -0.3 is 4.90 Å². The van der Waals surface area contributed by atoms with Gasteiger partial charge in [0.1, 0.15) is 0 Å². The summed E-state index contributed by atoms with van der Waals surface area (Å²) in [7, 11) is 2.17. The summed E-state index contributed by atoms with van der Waals surface area (Å²) < 4.78 is 0. The fourth-order valence-electron chi connectivity index (χ4n) is 26.8. The summed E-state index contributed by atoms with van der Waals surface area (Å²) in [5.41, 5.74) is 12.5. The lowest BCUT2D eigenvalue weighted by molar-refractivity contribution is 0.625. The Morgan fingerprint density at radius 2 is 0.506 bits per heavy atom. The molecule has 5 aliphatic carbocycles. The average Bonchev–Trinajstić information content (AvgIpc) is 1.43. The Morgan fingerprint density at radius 3 is 0.848 bits per heavy atom. The molecule has 2 heteroatoms. The number of hydrogen-bond donors (Lipinski definition) is 0. The van der Waals surface area contributed by atoms with Crippen LogP contribution in [0, 0.1) is 0 Å². The monoisotopic (exact) mass is 989 g/mol. The van der Waals surface area contributed by atoms with Crippen LogP contribution in [0.15, 0.2) is 54.6 Å². The van der Waals surface area contributed by atoms with E-state index in [0.29, 0.717) is 0 Å². The average molecular weight is 990 g/mol. The molecule has 0 aromatic heterocycles. The zero-order valence-electron chi connectivity index (χ0n) is 42.4. The summed E-state index contributed by atoms with van der Waals surface area (Å²) in [6.45, 7) is 5.58. The number of benzene rings is 19. The van der Waals surface area contributed by atoms with Crippen LogP contribution < -0.4 is 10.1 Å². The van der Waals surface area contributed by atoms with Crippen molar-refractivity contribution < 1.29 is 0 Å². The fourth-order valence-corrected chi connectivity index (χ4v) is 29.9. The van der Waals surface area contributed by atoms with Gasteiger partial charge in [-0.05, 0) is 337 Å². The van der Waals surface area contributed by atoms with Gasteiger partial charge in [0.05, 0.1) is 13.5 Å². The van der Waals surface area contributed by atoms with Crippen LogP contribution in [0.2, 0.25) is 19.1 Å². The first kappa shape index (κ1) is 32.0. The van der Waals surface area contributed by atoms with Gasteiger partial charge in [-0.1, -0.05) is 60.7 Å². The molecule has 79 heavy (non-hydrogen) atoms. The standard InChI is InChI=1S/C77H23NSi/c1-78(2)16-12-10-15(11-13-16)77-71-63-54-47-34-27-21-20-22-18-19-23(21)32(34)38-36-25(19)28-24(18)35-37-31(22)33-26(20)29-30(27)41-48-40(29)49-46(33)53-51(37)55-42(35)44-39(28)45-43(36)56(52(38)54)67(71)69-58(45)57(44)68-66(55)70-62(53)59(49)64-61(48)65(60(63)50(41)47)74(77)72(64)76(70,73(68)75(69)77)14-79(3,4)17-8-6-5-7-9-17/h5-13H,14H2,1-4H3. The van der Waals surface area contributed by atoms with Crippen LogP contribution in [0.3, 0.4) is 0 Å². The third kappa shape index (κ3) is 1.90. The molecule has 1 nitrogen and oxygen atoms in total. The summed E-state index contributed by atoms with van der Waals surface area (Å²) in [5.74, 6) is 0. The van der Waals surface area contributed by atoms with Crippen molar-refractivity contribution >= 4 is 299 Å². The Hall–Kier alpha value is -9.08. The minimum absolute atomic E-state index is 0.319. The minimum Gasteiger partial charge on any atom is -0.378 e. The Kier molecular flexibility index (Phi) is 3.06. The normalized spacial score (nSPS) is 20.8. The molecule has 2 atom stereocenters. The number of hydrogen-bond acceptors (Lipinski definition) is 1. The third-order valence-electron chi connectivity index (χ3n) is 27.5. The van der Waals surface area contributed by atoms with Crippen LogP contribution in [0.5, 0.6) is 0 Å². The first-order chi connectivity index (χ1) is 39.0. The smallest absolute Gasteiger partial charge is 0.0821 e. The van der Waals surface area contributed by atoms with Crippen molar-refractivity contribution in [2.24, 2.45) is 0 Å². The van der Waals surface area contributed by atoms with Gasteiger partial charge in [0.25, 0.3) is 0 Å². The van der Waals surface area contributed by atoms with E-state index in [0.717, 1.165) is 0 Å². The highest BCUT2D eigenvalue weighted by atomic mass is 28.3. The predicted octanol–water partition coefficient (Wildman–Crippen LogP) is 19.7. The summed E-state index contributed by atoms with van der Waals surface area (Å²) in [6.07, 6.45) is 0. The SMILES string of the molecule is CN(C)c1ccc(C23c4c5c6c7c8c9c%10c%11c(c2c2c%12c3c3c%13c4c6c4c6c7c7c8c8c%10c%10c%14c%11c2c2c%11c%12c%12c3c3c%13c4c4c6c6c7c7c8c%10c8c(c%142)c2c%11c%12c%10c3c4c3c%10c2c8c7c63)C59C[Si](C)(C)c2ccccc2)cc1. The van der Waals surface area contributed by atoms with Crippen molar-refractivity contribution in [3.63, 3.8) is 0 Å². The molecule has 0 saturated carbocycles. The van der Waals surface area contributed by atoms with Gasteiger partial charge >= 0.3 is 0 Å². The highest BCUT2D eigenvalue weighted by Gasteiger charge is 2.67. The van der Waals surface area contributed by atoms with E-state index in [-0.39, 0.29) is 5.41 Å². The summed E-state index contributed by atoms with van der Waals surface area (Å²) in [5, 5.41) is 88.2. The number of nitrogens with zero attached hydrogens (tertiary/aromatic N) is 1. The summed E-state index contributed by atoms with van der Waals surface area (Å²) >= 11 is 0. The lowest BCUT2D eigenvalue weighted by atomic mass is 9.52. The van der Waals surface area contributed by atoms with Crippen LogP contribution in [0.25, 0.3) is 280 Å². The second-order valence-electron chi connectivity index (χ2n) is 29.3. The minimum atomic E-state index is -2.30. The number of rotatable bonds is 5. The highest BCUT2D eigenvalue weighted by Crippen LogP contribution is 2.85. The first-order valence-electron chi connectivity index (χ1n) is 29.6.